The Morgan fingerprint density at radius 3 is 2.50 bits per heavy atom. The molecule has 92 valence electrons. The van der Waals surface area contributed by atoms with Gasteiger partial charge < -0.3 is 5.11 Å². The molecule has 2 aromatic rings. The van der Waals surface area contributed by atoms with Gasteiger partial charge in [-0.25, -0.2) is 4.79 Å². The molecule has 0 radical (unpaired) electrons. The molecule has 0 spiro atoms. The van der Waals surface area contributed by atoms with E-state index in [0.29, 0.717) is 0 Å². The fourth-order valence-electron chi connectivity index (χ4n) is 1.55. The molecule has 0 aliphatic rings. The number of aromatic carboxylic acids is 1. The van der Waals surface area contributed by atoms with Gasteiger partial charge in [-0.15, -0.1) is 0 Å². The van der Waals surface area contributed by atoms with Crippen LogP contribution in [0.1, 0.15) is 15.9 Å². The molecule has 4 heteroatoms. The van der Waals surface area contributed by atoms with Gasteiger partial charge in [-0.2, -0.15) is 0 Å². The molecule has 0 saturated carbocycles. The van der Waals surface area contributed by atoms with Crippen LogP contribution in [-0.2, 0) is 0 Å². The molecule has 2 nitrogen and oxygen atoms in total. The first-order valence-electron chi connectivity index (χ1n) is 5.33. The summed E-state index contributed by atoms with van der Waals surface area (Å²) >= 11 is 7.49. The highest BCUT2D eigenvalue weighted by Gasteiger charge is 2.09. The second-order valence-electron chi connectivity index (χ2n) is 3.87. The molecule has 0 fully saturated rings. The number of carboxylic acid groups (broad SMARTS) is 1. The van der Waals surface area contributed by atoms with Crippen LogP contribution in [-0.4, -0.2) is 11.1 Å². The lowest BCUT2D eigenvalue weighted by atomic mass is 10.2. The predicted molar refractivity (Wildman–Crippen MR) is 73.7 cm³/mol. The Labute approximate surface area is 115 Å². The Morgan fingerprint density at radius 1 is 1.17 bits per heavy atom. The molecular formula is C14H11ClO2S. The second-order valence-corrected chi connectivity index (χ2v) is 5.42. The summed E-state index contributed by atoms with van der Waals surface area (Å²) in [6, 6.07) is 13.1. The van der Waals surface area contributed by atoms with E-state index in [1.54, 1.807) is 23.9 Å². The highest BCUT2D eigenvalue weighted by atomic mass is 35.5. The molecule has 0 aliphatic carbocycles. The molecule has 0 unspecified atom stereocenters. The van der Waals surface area contributed by atoms with E-state index in [1.165, 1.54) is 11.6 Å². The molecule has 0 saturated heterocycles. The summed E-state index contributed by atoms with van der Waals surface area (Å²) in [5, 5.41) is 9.16. The van der Waals surface area contributed by atoms with Gasteiger partial charge in [0.1, 0.15) is 0 Å². The third kappa shape index (κ3) is 3.06. The number of carboxylic acids is 1. The molecule has 18 heavy (non-hydrogen) atoms. The molecular weight excluding hydrogens is 268 g/mol. The summed E-state index contributed by atoms with van der Waals surface area (Å²) in [6.45, 7) is 2.03. The zero-order valence-electron chi connectivity index (χ0n) is 9.68. The fourth-order valence-corrected chi connectivity index (χ4v) is 2.85. The van der Waals surface area contributed by atoms with Gasteiger partial charge in [0.25, 0.3) is 0 Å². The normalized spacial score (nSPS) is 10.3. The maximum atomic E-state index is 10.8. The lowest BCUT2D eigenvalue weighted by Gasteiger charge is -2.05. The number of aryl methyl sites for hydroxylation is 1. The predicted octanol–water partition coefficient (Wildman–Crippen LogP) is 4.50. The van der Waals surface area contributed by atoms with Gasteiger partial charge in [-0.1, -0.05) is 41.1 Å². The van der Waals surface area contributed by atoms with E-state index in [0.717, 1.165) is 9.79 Å². The minimum Gasteiger partial charge on any atom is -0.478 e. The van der Waals surface area contributed by atoms with E-state index in [4.69, 9.17) is 16.7 Å². The maximum absolute atomic E-state index is 10.8. The fraction of sp³-hybridized carbons (Fsp3) is 0.0714. The lowest BCUT2D eigenvalue weighted by molar-refractivity contribution is 0.0697. The number of hydrogen-bond acceptors (Lipinski definition) is 2. The van der Waals surface area contributed by atoms with Crippen LogP contribution in [0, 0.1) is 6.92 Å². The first-order valence-corrected chi connectivity index (χ1v) is 6.53. The van der Waals surface area contributed by atoms with Gasteiger partial charge in [0, 0.05) is 9.79 Å². The standard InChI is InChI=1S/C14H11ClO2S/c1-9-3-2-4-10(7-9)18-11-5-6-12(14(16)17)13(15)8-11/h2-8H,1H3,(H,16,17). The molecule has 0 amide bonds. The molecule has 0 aromatic heterocycles. The van der Waals surface area contributed by atoms with Crippen molar-refractivity contribution in [2.45, 2.75) is 16.7 Å². The van der Waals surface area contributed by atoms with Gasteiger partial charge in [0.15, 0.2) is 0 Å². The van der Waals surface area contributed by atoms with Crippen LogP contribution in [0.4, 0.5) is 0 Å². The zero-order valence-corrected chi connectivity index (χ0v) is 11.3. The lowest BCUT2D eigenvalue weighted by Crippen LogP contribution is -1.96. The second kappa shape index (κ2) is 5.46. The molecule has 1 N–H and O–H groups in total. The van der Waals surface area contributed by atoms with Crippen molar-refractivity contribution in [2.24, 2.45) is 0 Å². The summed E-state index contributed by atoms with van der Waals surface area (Å²) in [5.74, 6) is -1.01. The monoisotopic (exact) mass is 278 g/mol. The van der Waals surface area contributed by atoms with E-state index in [1.807, 2.05) is 25.1 Å². The Balaban J connectivity index is 2.25. The summed E-state index contributed by atoms with van der Waals surface area (Å²) in [7, 11) is 0. The number of benzene rings is 2. The van der Waals surface area contributed by atoms with E-state index in [2.05, 4.69) is 6.07 Å². The number of halogens is 1. The third-order valence-electron chi connectivity index (χ3n) is 2.40. The molecule has 0 bridgehead atoms. The molecule has 2 rings (SSSR count). The summed E-state index contributed by atoms with van der Waals surface area (Å²) in [5.41, 5.74) is 1.32. The number of rotatable bonds is 3. The van der Waals surface area contributed by atoms with Crippen molar-refractivity contribution in [3.63, 3.8) is 0 Å². The maximum Gasteiger partial charge on any atom is 0.337 e. The first-order chi connectivity index (χ1) is 8.56. The van der Waals surface area contributed by atoms with Crippen LogP contribution in [0.3, 0.4) is 0 Å². The zero-order chi connectivity index (χ0) is 13.1. The van der Waals surface area contributed by atoms with E-state index >= 15 is 0 Å². The number of hydrogen-bond donors (Lipinski definition) is 1. The highest BCUT2D eigenvalue weighted by Crippen LogP contribution is 2.31. The van der Waals surface area contributed by atoms with E-state index in [9.17, 15) is 4.79 Å². The van der Waals surface area contributed by atoms with Crippen molar-refractivity contribution < 1.29 is 9.90 Å². The molecule has 2 aromatic carbocycles. The van der Waals surface area contributed by atoms with Gasteiger partial charge in [-0.3, -0.25) is 0 Å². The highest BCUT2D eigenvalue weighted by molar-refractivity contribution is 7.99. The summed E-state index contributed by atoms with van der Waals surface area (Å²) < 4.78 is 0. The molecule has 0 aliphatic heterocycles. The van der Waals surface area contributed by atoms with E-state index in [-0.39, 0.29) is 10.6 Å². The van der Waals surface area contributed by atoms with Crippen molar-refractivity contribution in [3.8, 4) is 0 Å². The van der Waals surface area contributed by atoms with Crippen LogP contribution in [0.2, 0.25) is 5.02 Å². The third-order valence-corrected chi connectivity index (χ3v) is 3.69. The van der Waals surface area contributed by atoms with Gasteiger partial charge in [-0.05, 0) is 37.3 Å². The average molecular weight is 279 g/mol. The summed E-state index contributed by atoms with van der Waals surface area (Å²) in [6.07, 6.45) is 0. The Morgan fingerprint density at radius 2 is 1.89 bits per heavy atom. The van der Waals surface area contributed by atoms with Crippen LogP contribution in [0.25, 0.3) is 0 Å². The van der Waals surface area contributed by atoms with Gasteiger partial charge in [0.05, 0.1) is 10.6 Å². The Kier molecular flexibility index (Phi) is 3.94. The number of carbonyl (C=O) groups is 1. The SMILES string of the molecule is Cc1cccc(Sc2ccc(C(=O)O)c(Cl)c2)c1. The molecule has 0 atom stereocenters. The summed E-state index contributed by atoms with van der Waals surface area (Å²) in [4.78, 5) is 12.9. The largest absolute Gasteiger partial charge is 0.478 e. The van der Waals surface area contributed by atoms with Gasteiger partial charge >= 0.3 is 5.97 Å². The topological polar surface area (TPSA) is 37.3 Å². The van der Waals surface area contributed by atoms with Crippen molar-refractivity contribution in [2.75, 3.05) is 0 Å². The van der Waals surface area contributed by atoms with Crippen molar-refractivity contribution in [1.29, 1.82) is 0 Å². The van der Waals surface area contributed by atoms with Crippen LogP contribution in [0.5, 0.6) is 0 Å². The van der Waals surface area contributed by atoms with Crippen LogP contribution >= 0.6 is 23.4 Å². The van der Waals surface area contributed by atoms with Crippen molar-refractivity contribution >= 4 is 29.3 Å². The van der Waals surface area contributed by atoms with Gasteiger partial charge in [0.2, 0.25) is 0 Å². The Bertz CT molecular complexity index is 596. The smallest absolute Gasteiger partial charge is 0.337 e. The van der Waals surface area contributed by atoms with E-state index < -0.39 is 5.97 Å². The minimum atomic E-state index is -1.01. The van der Waals surface area contributed by atoms with Crippen LogP contribution < -0.4 is 0 Å². The van der Waals surface area contributed by atoms with Crippen molar-refractivity contribution in [3.05, 3.63) is 58.6 Å². The molecule has 0 heterocycles. The quantitative estimate of drug-likeness (QED) is 0.898. The minimum absolute atomic E-state index is 0.130. The first kappa shape index (κ1) is 13.0. The van der Waals surface area contributed by atoms with Crippen LogP contribution in [0.15, 0.2) is 52.3 Å². The van der Waals surface area contributed by atoms with Crippen molar-refractivity contribution in [1.82, 2.24) is 0 Å². The Hall–Kier alpha value is -1.45. The average Bonchev–Trinajstić information content (AvgIpc) is 2.28.